The fraction of sp³-hybridized carbons (Fsp3) is 0.0667. The van der Waals surface area contributed by atoms with Crippen LogP contribution in [0.2, 0.25) is 5.02 Å². The topological polar surface area (TPSA) is 67.4 Å². The van der Waals surface area contributed by atoms with Crippen molar-refractivity contribution >= 4 is 39.3 Å². The Labute approximate surface area is 144 Å². The van der Waals surface area contributed by atoms with Gasteiger partial charge in [-0.05, 0) is 52.3 Å². The minimum atomic E-state index is -0.675. The van der Waals surface area contributed by atoms with E-state index in [2.05, 4.69) is 26.8 Å². The third-order valence-electron chi connectivity index (χ3n) is 2.87. The monoisotopic (exact) mass is 400 g/mol. The van der Waals surface area contributed by atoms with Gasteiger partial charge in [-0.15, -0.1) is 0 Å². The van der Waals surface area contributed by atoms with Crippen molar-refractivity contribution in [3.63, 3.8) is 0 Å². The summed E-state index contributed by atoms with van der Waals surface area (Å²) in [4.78, 5) is 24.1. The highest BCUT2D eigenvalue weighted by molar-refractivity contribution is 9.10. The molecule has 2 aromatic rings. The van der Waals surface area contributed by atoms with Crippen LogP contribution in [0, 0.1) is 5.82 Å². The predicted molar refractivity (Wildman–Crippen MR) is 87.0 cm³/mol. The van der Waals surface area contributed by atoms with Gasteiger partial charge >= 0.3 is 0 Å². The van der Waals surface area contributed by atoms with E-state index in [0.717, 1.165) is 6.07 Å². The number of benzene rings is 2. The molecule has 0 heterocycles. The van der Waals surface area contributed by atoms with Crippen LogP contribution in [0.4, 0.5) is 4.39 Å². The molecule has 2 aromatic carbocycles. The molecule has 0 spiro atoms. The Kier molecular flexibility index (Phi) is 5.57. The second kappa shape index (κ2) is 7.43. The summed E-state index contributed by atoms with van der Waals surface area (Å²) in [5, 5.41) is 0.343. The molecule has 0 bridgehead atoms. The van der Waals surface area contributed by atoms with Gasteiger partial charge in [-0.2, -0.15) is 0 Å². The van der Waals surface area contributed by atoms with Gasteiger partial charge in [0.1, 0.15) is 11.6 Å². The van der Waals surface area contributed by atoms with Crippen LogP contribution in [0.25, 0.3) is 0 Å². The molecule has 2 N–H and O–H groups in total. The van der Waals surface area contributed by atoms with Crippen LogP contribution in [-0.4, -0.2) is 18.9 Å². The van der Waals surface area contributed by atoms with Crippen molar-refractivity contribution in [1.29, 1.82) is 0 Å². The maximum Gasteiger partial charge on any atom is 0.273 e. The van der Waals surface area contributed by atoms with E-state index in [4.69, 9.17) is 16.3 Å². The van der Waals surface area contributed by atoms with E-state index in [1.807, 2.05) is 0 Å². The van der Waals surface area contributed by atoms with Crippen LogP contribution in [0.15, 0.2) is 40.9 Å². The van der Waals surface area contributed by atoms with Gasteiger partial charge < -0.3 is 4.74 Å². The van der Waals surface area contributed by atoms with Gasteiger partial charge in [-0.25, -0.2) is 4.39 Å². The third-order valence-corrected chi connectivity index (χ3v) is 3.80. The van der Waals surface area contributed by atoms with Gasteiger partial charge in [0.15, 0.2) is 0 Å². The van der Waals surface area contributed by atoms with Gasteiger partial charge in [0, 0.05) is 9.50 Å². The molecule has 0 atom stereocenters. The molecule has 0 saturated carbocycles. The summed E-state index contributed by atoms with van der Waals surface area (Å²) >= 11 is 8.98. The molecule has 0 fully saturated rings. The normalized spacial score (nSPS) is 10.1. The molecule has 0 aromatic heterocycles. The van der Waals surface area contributed by atoms with Gasteiger partial charge in [0.05, 0.1) is 18.2 Å². The maximum atomic E-state index is 13.2. The molecular weight excluding hydrogens is 391 g/mol. The van der Waals surface area contributed by atoms with Crippen LogP contribution in [-0.2, 0) is 0 Å². The van der Waals surface area contributed by atoms with Gasteiger partial charge in [-0.1, -0.05) is 11.6 Å². The number of carbonyl (C=O) groups excluding carboxylic acids is 2. The van der Waals surface area contributed by atoms with E-state index in [9.17, 15) is 14.0 Å². The lowest BCUT2D eigenvalue weighted by Gasteiger charge is -2.11. The highest BCUT2D eigenvalue weighted by Crippen LogP contribution is 2.22. The standard InChI is InChI=1S/C15H11BrClFN2O3/c1-23-13-5-2-8(17)6-11(13)15(22)20-19-14(21)10-7-9(18)3-4-12(10)16/h2-7H,1H3,(H,19,21)(H,20,22). The van der Waals surface area contributed by atoms with Gasteiger partial charge in [-0.3, -0.25) is 20.4 Å². The number of hydrazine groups is 1. The number of carbonyl (C=O) groups is 2. The average molecular weight is 402 g/mol. The number of halogens is 3. The first-order chi connectivity index (χ1) is 10.9. The number of rotatable bonds is 3. The van der Waals surface area contributed by atoms with Crippen LogP contribution >= 0.6 is 27.5 Å². The van der Waals surface area contributed by atoms with Crippen LogP contribution < -0.4 is 15.6 Å². The molecule has 0 aliphatic heterocycles. The molecule has 0 radical (unpaired) electrons. The minimum absolute atomic E-state index is 0.0448. The Morgan fingerprint density at radius 2 is 1.74 bits per heavy atom. The number of methoxy groups -OCH3 is 1. The molecule has 120 valence electrons. The molecule has 2 rings (SSSR count). The van der Waals surface area contributed by atoms with Crippen molar-refractivity contribution in [3.05, 3.63) is 62.8 Å². The fourth-order valence-electron chi connectivity index (χ4n) is 1.78. The zero-order valence-electron chi connectivity index (χ0n) is 11.8. The van der Waals surface area contributed by atoms with E-state index in [0.29, 0.717) is 15.2 Å². The Morgan fingerprint density at radius 3 is 2.39 bits per heavy atom. The van der Waals surface area contributed by atoms with Crippen LogP contribution in [0.3, 0.4) is 0 Å². The number of nitrogens with one attached hydrogen (secondary N) is 2. The first-order valence-electron chi connectivity index (χ1n) is 6.31. The Hall–Kier alpha value is -2.12. The number of hydrogen-bond acceptors (Lipinski definition) is 3. The Morgan fingerprint density at radius 1 is 1.09 bits per heavy atom. The van der Waals surface area contributed by atoms with Crippen LogP contribution in [0.5, 0.6) is 5.75 Å². The largest absolute Gasteiger partial charge is 0.496 e. The summed E-state index contributed by atoms with van der Waals surface area (Å²) < 4.78 is 18.6. The maximum absolute atomic E-state index is 13.2. The van der Waals surface area contributed by atoms with Gasteiger partial charge in [0.2, 0.25) is 0 Å². The van der Waals surface area contributed by atoms with E-state index in [1.165, 1.54) is 31.4 Å². The fourth-order valence-corrected chi connectivity index (χ4v) is 2.38. The van der Waals surface area contributed by atoms with E-state index < -0.39 is 17.6 Å². The second-order valence-corrected chi connectivity index (χ2v) is 5.67. The smallest absolute Gasteiger partial charge is 0.273 e. The number of ether oxygens (including phenoxy) is 1. The van der Waals surface area contributed by atoms with Crippen molar-refractivity contribution in [3.8, 4) is 5.75 Å². The predicted octanol–water partition coefficient (Wildman–Crippen LogP) is 3.33. The summed E-state index contributed by atoms with van der Waals surface area (Å²) in [7, 11) is 1.41. The number of hydrogen-bond donors (Lipinski definition) is 2. The average Bonchev–Trinajstić information content (AvgIpc) is 2.54. The lowest BCUT2D eigenvalue weighted by molar-refractivity contribution is 0.0844. The van der Waals surface area contributed by atoms with Crippen molar-refractivity contribution in [2.45, 2.75) is 0 Å². The summed E-state index contributed by atoms with van der Waals surface area (Å²) in [6, 6.07) is 8.15. The van der Waals surface area contributed by atoms with E-state index in [1.54, 1.807) is 6.07 Å². The first-order valence-corrected chi connectivity index (χ1v) is 7.48. The molecule has 0 unspecified atom stereocenters. The zero-order chi connectivity index (χ0) is 17.0. The molecule has 0 saturated heterocycles. The molecule has 23 heavy (non-hydrogen) atoms. The lowest BCUT2D eigenvalue weighted by atomic mass is 10.2. The van der Waals surface area contributed by atoms with Crippen molar-refractivity contribution in [2.75, 3.05) is 7.11 Å². The van der Waals surface area contributed by atoms with E-state index >= 15 is 0 Å². The molecule has 0 aliphatic rings. The summed E-state index contributed by atoms with van der Waals surface area (Å²) in [5.74, 6) is -1.56. The van der Waals surface area contributed by atoms with Crippen LogP contribution in [0.1, 0.15) is 20.7 Å². The lowest BCUT2D eigenvalue weighted by Crippen LogP contribution is -2.41. The highest BCUT2D eigenvalue weighted by Gasteiger charge is 2.16. The van der Waals surface area contributed by atoms with Crippen molar-refractivity contribution in [1.82, 2.24) is 10.9 Å². The molecular formula is C15H11BrClFN2O3. The van der Waals surface area contributed by atoms with Crippen molar-refractivity contribution < 1.29 is 18.7 Å². The van der Waals surface area contributed by atoms with Gasteiger partial charge in [0.25, 0.3) is 11.8 Å². The summed E-state index contributed by atoms with van der Waals surface area (Å²) in [6.45, 7) is 0. The zero-order valence-corrected chi connectivity index (χ0v) is 14.2. The Bertz CT molecular complexity index is 770. The first kappa shape index (κ1) is 17.2. The second-order valence-electron chi connectivity index (χ2n) is 4.38. The summed E-state index contributed by atoms with van der Waals surface area (Å²) in [5.41, 5.74) is 4.62. The third kappa shape index (κ3) is 4.20. The number of amides is 2. The van der Waals surface area contributed by atoms with E-state index in [-0.39, 0.29) is 11.1 Å². The molecule has 8 heteroatoms. The van der Waals surface area contributed by atoms with Crippen molar-refractivity contribution in [2.24, 2.45) is 0 Å². The molecule has 2 amide bonds. The quantitative estimate of drug-likeness (QED) is 0.775. The highest BCUT2D eigenvalue weighted by atomic mass is 79.9. The summed E-state index contributed by atoms with van der Waals surface area (Å²) in [6.07, 6.45) is 0. The Balaban J connectivity index is 2.11. The molecule has 5 nitrogen and oxygen atoms in total. The minimum Gasteiger partial charge on any atom is -0.496 e. The SMILES string of the molecule is COc1ccc(Cl)cc1C(=O)NNC(=O)c1cc(F)ccc1Br. The molecule has 0 aliphatic carbocycles.